The summed E-state index contributed by atoms with van der Waals surface area (Å²) >= 11 is 0. The van der Waals surface area contributed by atoms with Gasteiger partial charge in [0.15, 0.2) is 0 Å². The highest BCUT2D eigenvalue weighted by molar-refractivity contribution is 5.75. The Morgan fingerprint density at radius 2 is 2.04 bits per heavy atom. The summed E-state index contributed by atoms with van der Waals surface area (Å²) in [5, 5.41) is 0. The van der Waals surface area contributed by atoms with Crippen LogP contribution in [0.15, 0.2) is 12.2 Å². The summed E-state index contributed by atoms with van der Waals surface area (Å²) < 4.78 is 5.98. The summed E-state index contributed by atoms with van der Waals surface area (Å²) in [7, 11) is 0. The van der Waals surface area contributed by atoms with Crippen LogP contribution < -0.4 is 0 Å². The van der Waals surface area contributed by atoms with Crippen LogP contribution in [0.1, 0.15) is 72.6 Å². The Labute approximate surface area is 165 Å². The molecule has 0 spiro atoms. The highest BCUT2D eigenvalue weighted by Crippen LogP contribution is 2.57. The average Bonchev–Trinajstić information content (AvgIpc) is 2.76. The zero-order valence-corrected chi connectivity index (χ0v) is 17.9. The molecule has 0 bridgehead atoms. The summed E-state index contributed by atoms with van der Waals surface area (Å²) in [4.78, 5) is 15.4. The minimum atomic E-state index is 0.0680. The van der Waals surface area contributed by atoms with E-state index in [1.807, 2.05) is 0 Å². The van der Waals surface area contributed by atoms with Crippen molar-refractivity contribution in [3.63, 3.8) is 0 Å². The molecular formula is C24H39NO2. The molecule has 4 rings (SSSR count). The van der Waals surface area contributed by atoms with Gasteiger partial charge in [-0.05, 0) is 74.2 Å². The molecule has 4 aliphatic rings. The number of carbonyl (C=O) groups is 1. The second-order valence-corrected chi connectivity index (χ2v) is 11.4. The minimum Gasteiger partial charge on any atom is -0.462 e. The van der Waals surface area contributed by atoms with Gasteiger partial charge < -0.3 is 9.64 Å². The number of carbonyl (C=O) groups excluding carboxylic acids is 1. The molecular weight excluding hydrogens is 334 g/mol. The Kier molecular flexibility index (Phi) is 4.98. The Bertz CT molecular complexity index is 612. The first-order valence-electron chi connectivity index (χ1n) is 11.3. The molecule has 3 nitrogen and oxygen atoms in total. The van der Waals surface area contributed by atoms with Crippen molar-refractivity contribution >= 4 is 5.97 Å². The molecule has 6 atom stereocenters. The summed E-state index contributed by atoms with van der Waals surface area (Å²) in [6, 6.07) is 0. The van der Waals surface area contributed by atoms with Gasteiger partial charge in [0.25, 0.3) is 0 Å². The van der Waals surface area contributed by atoms with Gasteiger partial charge in [0.05, 0.1) is 5.92 Å². The fraction of sp³-hybridized carbons (Fsp3) is 0.875. The summed E-state index contributed by atoms with van der Waals surface area (Å²) in [6.07, 6.45) is 8.53. The number of esters is 1. The van der Waals surface area contributed by atoms with Gasteiger partial charge in [-0.25, -0.2) is 0 Å². The van der Waals surface area contributed by atoms with Crippen molar-refractivity contribution < 1.29 is 9.53 Å². The van der Waals surface area contributed by atoms with E-state index < -0.39 is 0 Å². The van der Waals surface area contributed by atoms with Gasteiger partial charge in [0.1, 0.15) is 6.10 Å². The first-order chi connectivity index (χ1) is 12.7. The second-order valence-electron chi connectivity index (χ2n) is 11.4. The van der Waals surface area contributed by atoms with Crippen LogP contribution in [0.3, 0.4) is 0 Å². The van der Waals surface area contributed by atoms with Crippen LogP contribution in [0.25, 0.3) is 0 Å². The number of hydrogen-bond acceptors (Lipinski definition) is 3. The maximum atomic E-state index is 12.8. The summed E-state index contributed by atoms with van der Waals surface area (Å²) in [5.41, 5.74) is 2.07. The van der Waals surface area contributed by atoms with Crippen LogP contribution in [0.5, 0.6) is 0 Å². The SMILES string of the molecule is C=C1CCCC2(C)CC3OC(=O)C(CN4CCC(C)CC(C)(C)C4)C3CC12. The van der Waals surface area contributed by atoms with Crippen molar-refractivity contribution in [1.82, 2.24) is 4.90 Å². The summed E-state index contributed by atoms with van der Waals surface area (Å²) in [5.74, 6) is 1.90. The Morgan fingerprint density at radius 1 is 1.26 bits per heavy atom. The molecule has 0 aromatic carbocycles. The highest BCUT2D eigenvalue weighted by atomic mass is 16.6. The number of nitrogens with zero attached hydrogens (tertiary/aromatic N) is 1. The molecule has 2 heterocycles. The standard InChI is InChI=1S/C24H39NO2/c1-16-8-10-25(15-23(3,4)12-16)14-19-18-11-20-17(2)7-6-9-24(20,5)13-21(18)27-22(19)26/h16,18-21H,2,6-15H2,1,3-5H3. The van der Waals surface area contributed by atoms with Crippen LogP contribution >= 0.6 is 0 Å². The van der Waals surface area contributed by atoms with Crippen LogP contribution in [0, 0.1) is 34.5 Å². The van der Waals surface area contributed by atoms with Gasteiger partial charge >= 0.3 is 5.97 Å². The zero-order valence-electron chi connectivity index (χ0n) is 17.9. The second kappa shape index (κ2) is 6.90. The number of likely N-dealkylation sites (tertiary alicyclic amines) is 1. The van der Waals surface area contributed by atoms with Crippen molar-refractivity contribution in [2.24, 2.45) is 34.5 Å². The third-order valence-electron chi connectivity index (χ3n) is 8.27. The number of rotatable bonds is 2. The molecule has 0 radical (unpaired) electrons. The molecule has 3 heteroatoms. The molecule has 27 heavy (non-hydrogen) atoms. The minimum absolute atomic E-state index is 0.0680. The van der Waals surface area contributed by atoms with Crippen LogP contribution in [0.2, 0.25) is 0 Å². The Hall–Kier alpha value is -0.830. The first-order valence-corrected chi connectivity index (χ1v) is 11.3. The lowest BCUT2D eigenvalue weighted by molar-refractivity contribution is -0.146. The fourth-order valence-electron chi connectivity index (χ4n) is 7.10. The third-order valence-corrected chi connectivity index (χ3v) is 8.27. The van der Waals surface area contributed by atoms with Crippen LogP contribution in [-0.2, 0) is 9.53 Å². The molecule has 0 aromatic rings. The van der Waals surface area contributed by atoms with Crippen LogP contribution in [-0.4, -0.2) is 36.6 Å². The van der Waals surface area contributed by atoms with Gasteiger partial charge in [-0.15, -0.1) is 0 Å². The highest BCUT2D eigenvalue weighted by Gasteiger charge is 2.55. The lowest BCUT2D eigenvalue weighted by Crippen LogP contribution is -2.46. The lowest BCUT2D eigenvalue weighted by Gasteiger charge is -2.50. The van der Waals surface area contributed by atoms with Crippen molar-refractivity contribution in [2.75, 3.05) is 19.6 Å². The quantitative estimate of drug-likeness (QED) is 0.500. The molecule has 152 valence electrons. The van der Waals surface area contributed by atoms with Gasteiger partial charge in [0, 0.05) is 19.0 Å². The molecule has 0 N–H and O–H groups in total. The molecule has 6 unspecified atom stereocenters. The predicted octanol–water partition coefficient (Wildman–Crippen LogP) is 5.06. The maximum absolute atomic E-state index is 12.8. The maximum Gasteiger partial charge on any atom is 0.310 e. The molecule has 0 aromatic heterocycles. The Balaban J connectivity index is 1.49. The van der Waals surface area contributed by atoms with E-state index in [0.29, 0.717) is 22.7 Å². The van der Waals surface area contributed by atoms with Crippen molar-refractivity contribution in [3.05, 3.63) is 12.2 Å². The Morgan fingerprint density at radius 3 is 2.81 bits per heavy atom. The van der Waals surface area contributed by atoms with Gasteiger partial charge in [-0.2, -0.15) is 0 Å². The number of hydrogen-bond donors (Lipinski definition) is 0. The lowest BCUT2D eigenvalue weighted by atomic mass is 9.55. The van der Waals surface area contributed by atoms with Gasteiger partial charge in [0.2, 0.25) is 0 Å². The van der Waals surface area contributed by atoms with E-state index in [4.69, 9.17) is 4.74 Å². The van der Waals surface area contributed by atoms with Gasteiger partial charge in [-0.1, -0.05) is 39.8 Å². The topological polar surface area (TPSA) is 29.5 Å². The predicted molar refractivity (Wildman–Crippen MR) is 109 cm³/mol. The number of fused-ring (bicyclic) bond motifs is 2. The van der Waals surface area contributed by atoms with E-state index in [-0.39, 0.29) is 18.0 Å². The molecule has 0 amide bonds. The molecule has 2 saturated heterocycles. The normalized spacial score (nSPS) is 45.0. The zero-order chi connectivity index (χ0) is 19.4. The average molecular weight is 374 g/mol. The van der Waals surface area contributed by atoms with Crippen LogP contribution in [0.4, 0.5) is 0 Å². The summed E-state index contributed by atoms with van der Waals surface area (Å²) in [6.45, 7) is 17.1. The molecule has 2 aliphatic carbocycles. The molecule has 2 saturated carbocycles. The molecule has 4 fully saturated rings. The van der Waals surface area contributed by atoms with E-state index in [2.05, 4.69) is 39.2 Å². The van der Waals surface area contributed by atoms with E-state index in [1.54, 1.807) is 0 Å². The van der Waals surface area contributed by atoms with E-state index in [9.17, 15) is 4.79 Å². The first kappa shape index (κ1) is 19.5. The monoisotopic (exact) mass is 373 g/mol. The van der Waals surface area contributed by atoms with Crippen molar-refractivity contribution in [2.45, 2.75) is 78.7 Å². The van der Waals surface area contributed by atoms with E-state index >= 15 is 0 Å². The van der Waals surface area contributed by atoms with E-state index in [0.717, 1.165) is 38.4 Å². The fourth-order valence-corrected chi connectivity index (χ4v) is 7.10. The van der Waals surface area contributed by atoms with Crippen molar-refractivity contribution in [1.29, 1.82) is 0 Å². The van der Waals surface area contributed by atoms with Gasteiger partial charge in [-0.3, -0.25) is 4.79 Å². The van der Waals surface area contributed by atoms with Crippen molar-refractivity contribution in [3.8, 4) is 0 Å². The third kappa shape index (κ3) is 3.73. The smallest absolute Gasteiger partial charge is 0.310 e. The largest absolute Gasteiger partial charge is 0.462 e. The number of allylic oxidation sites excluding steroid dienone is 1. The number of ether oxygens (including phenoxy) is 1. The van der Waals surface area contributed by atoms with E-state index in [1.165, 1.54) is 37.7 Å². The molecule has 2 aliphatic heterocycles.